The van der Waals surface area contributed by atoms with E-state index in [1.165, 1.54) is 0 Å². The number of aliphatic imine (C=N–C) groups is 1. The monoisotopic (exact) mass is 477 g/mol. The number of benzene rings is 1. The average molecular weight is 477 g/mol. The summed E-state index contributed by atoms with van der Waals surface area (Å²) >= 11 is 0. The molecule has 1 aliphatic rings. The summed E-state index contributed by atoms with van der Waals surface area (Å²) in [6, 6.07) is 7.66. The lowest BCUT2D eigenvalue weighted by Crippen LogP contribution is -2.47. The first kappa shape index (κ1) is 22.8. The minimum atomic E-state index is 0. The molecular weight excluding hydrogens is 445 g/mol. The number of piperidine rings is 1. The Hall–Kier alpha value is -1.22. The standard InChI is InChI=1S/C19H31N3O3.HI/c1-4-24-18-10-13-22(14-11-18)19(20-2)21-12-5-15-25-17-8-6-16(23-3)7-9-17;/h6-9,18H,4-5,10-15H2,1-3H3,(H,20,21);1H. The number of guanidine groups is 1. The van der Waals surface area contributed by atoms with Crippen molar-refractivity contribution in [1.29, 1.82) is 0 Å². The minimum absolute atomic E-state index is 0. The Bertz CT molecular complexity index is 517. The third kappa shape index (κ3) is 7.57. The number of methoxy groups -OCH3 is 1. The Labute approximate surface area is 174 Å². The Morgan fingerprint density at radius 2 is 1.85 bits per heavy atom. The summed E-state index contributed by atoms with van der Waals surface area (Å²) in [6.07, 6.45) is 3.45. The van der Waals surface area contributed by atoms with Crippen LogP contribution in [0, 0.1) is 0 Å². The van der Waals surface area contributed by atoms with Crippen LogP contribution in [-0.4, -0.2) is 64.0 Å². The molecule has 0 radical (unpaired) electrons. The Morgan fingerprint density at radius 1 is 1.19 bits per heavy atom. The first-order valence-corrected chi connectivity index (χ1v) is 9.10. The predicted molar refractivity (Wildman–Crippen MR) is 116 cm³/mol. The van der Waals surface area contributed by atoms with Crippen molar-refractivity contribution in [2.24, 2.45) is 4.99 Å². The lowest BCUT2D eigenvalue weighted by atomic mass is 10.1. The molecule has 26 heavy (non-hydrogen) atoms. The second kappa shape index (κ2) is 13.0. The maximum Gasteiger partial charge on any atom is 0.193 e. The number of nitrogens with one attached hydrogen (secondary N) is 1. The molecule has 0 bridgehead atoms. The van der Waals surface area contributed by atoms with Gasteiger partial charge >= 0.3 is 0 Å². The lowest BCUT2D eigenvalue weighted by molar-refractivity contribution is 0.0264. The topological polar surface area (TPSA) is 55.3 Å². The Balaban J connectivity index is 0.00000338. The van der Waals surface area contributed by atoms with E-state index < -0.39 is 0 Å². The van der Waals surface area contributed by atoms with Gasteiger partial charge in [0, 0.05) is 33.3 Å². The molecule has 6 nitrogen and oxygen atoms in total. The van der Waals surface area contributed by atoms with Gasteiger partial charge < -0.3 is 24.4 Å². The van der Waals surface area contributed by atoms with Crippen molar-refractivity contribution in [2.45, 2.75) is 32.3 Å². The molecule has 0 spiro atoms. The minimum Gasteiger partial charge on any atom is -0.497 e. The number of nitrogens with zero attached hydrogens (tertiary/aromatic N) is 2. The summed E-state index contributed by atoms with van der Waals surface area (Å²) in [4.78, 5) is 6.70. The van der Waals surface area contributed by atoms with Gasteiger partial charge in [-0.05, 0) is 50.5 Å². The fourth-order valence-electron chi connectivity index (χ4n) is 2.94. The molecule has 0 aromatic heterocycles. The van der Waals surface area contributed by atoms with Crippen molar-refractivity contribution < 1.29 is 14.2 Å². The van der Waals surface area contributed by atoms with E-state index in [9.17, 15) is 0 Å². The molecule has 1 N–H and O–H groups in total. The normalized spacial score (nSPS) is 15.3. The van der Waals surface area contributed by atoms with E-state index in [1.54, 1.807) is 7.11 Å². The van der Waals surface area contributed by atoms with Crippen LogP contribution >= 0.6 is 24.0 Å². The fraction of sp³-hybridized carbons (Fsp3) is 0.632. The highest BCUT2D eigenvalue weighted by Crippen LogP contribution is 2.17. The summed E-state index contributed by atoms with van der Waals surface area (Å²) in [7, 11) is 3.50. The van der Waals surface area contributed by atoms with Crippen LogP contribution in [-0.2, 0) is 4.74 Å². The van der Waals surface area contributed by atoms with E-state index >= 15 is 0 Å². The zero-order valence-corrected chi connectivity index (χ0v) is 18.4. The Kier molecular flexibility index (Phi) is 11.4. The number of ether oxygens (including phenoxy) is 3. The average Bonchev–Trinajstić information content (AvgIpc) is 2.66. The molecular formula is C19H32IN3O3. The summed E-state index contributed by atoms with van der Waals surface area (Å²) in [5.41, 5.74) is 0. The zero-order chi connectivity index (χ0) is 17.9. The fourth-order valence-corrected chi connectivity index (χ4v) is 2.94. The van der Waals surface area contributed by atoms with Gasteiger partial charge in [-0.1, -0.05) is 0 Å². The van der Waals surface area contributed by atoms with Crippen LogP contribution in [0.15, 0.2) is 29.3 Å². The van der Waals surface area contributed by atoms with Crippen LogP contribution in [0.5, 0.6) is 11.5 Å². The first-order valence-electron chi connectivity index (χ1n) is 9.10. The number of hydrogen-bond acceptors (Lipinski definition) is 4. The highest BCUT2D eigenvalue weighted by Gasteiger charge is 2.21. The number of halogens is 1. The van der Waals surface area contributed by atoms with Crippen molar-refractivity contribution in [2.75, 3.05) is 47.0 Å². The van der Waals surface area contributed by atoms with E-state index in [1.807, 2.05) is 31.3 Å². The van der Waals surface area contributed by atoms with Crippen LogP contribution in [0.1, 0.15) is 26.2 Å². The van der Waals surface area contributed by atoms with E-state index in [0.717, 1.165) is 63.0 Å². The van der Waals surface area contributed by atoms with Crippen LogP contribution in [0.3, 0.4) is 0 Å². The highest BCUT2D eigenvalue weighted by molar-refractivity contribution is 14.0. The summed E-state index contributed by atoms with van der Waals surface area (Å²) < 4.78 is 16.6. The lowest BCUT2D eigenvalue weighted by Gasteiger charge is -2.34. The van der Waals surface area contributed by atoms with E-state index in [2.05, 4.69) is 22.1 Å². The maximum absolute atomic E-state index is 5.74. The van der Waals surface area contributed by atoms with E-state index in [4.69, 9.17) is 14.2 Å². The van der Waals surface area contributed by atoms with Crippen molar-refractivity contribution in [3.63, 3.8) is 0 Å². The molecule has 0 atom stereocenters. The second-order valence-corrected chi connectivity index (χ2v) is 5.99. The molecule has 0 unspecified atom stereocenters. The quantitative estimate of drug-likeness (QED) is 0.270. The van der Waals surface area contributed by atoms with E-state index in [0.29, 0.717) is 12.7 Å². The number of hydrogen-bond donors (Lipinski definition) is 1. The largest absolute Gasteiger partial charge is 0.497 e. The van der Waals surface area contributed by atoms with Gasteiger partial charge in [-0.25, -0.2) is 0 Å². The summed E-state index contributed by atoms with van der Waals surface area (Å²) in [5.74, 6) is 2.67. The second-order valence-electron chi connectivity index (χ2n) is 5.99. The molecule has 1 saturated heterocycles. The Morgan fingerprint density at radius 3 is 2.42 bits per heavy atom. The van der Waals surface area contributed by atoms with Crippen LogP contribution < -0.4 is 14.8 Å². The number of likely N-dealkylation sites (tertiary alicyclic amines) is 1. The highest BCUT2D eigenvalue weighted by atomic mass is 127. The van der Waals surface area contributed by atoms with Gasteiger partial charge in [0.25, 0.3) is 0 Å². The maximum atomic E-state index is 5.74. The molecule has 148 valence electrons. The van der Waals surface area contributed by atoms with Crippen LogP contribution in [0.4, 0.5) is 0 Å². The van der Waals surface area contributed by atoms with Gasteiger partial charge in [0.15, 0.2) is 5.96 Å². The third-order valence-electron chi connectivity index (χ3n) is 4.29. The van der Waals surface area contributed by atoms with Gasteiger partial charge in [0.05, 0.1) is 19.8 Å². The molecule has 2 rings (SSSR count). The molecule has 0 saturated carbocycles. The van der Waals surface area contributed by atoms with Crippen molar-refractivity contribution in [1.82, 2.24) is 10.2 Å². The molecule has 1 aromatic carbocycles. The summed E-state index contributed by atoms with van der Waals surface area (Å²) in [6.45, 7) is 6.35. The van der Waals surface area contributed by atoms with Gasteiger partial charge in [-0.15, -0.1) is 24.0 Å². The van der Waals surface area contributed by atoms with Gasteiger partial charge in [0.2, 0.25) is 0 Å². The zero-order valence-electron chi connectivity index (χ0n) is 16.1. The van der Waals surface area contributed by atoms with Crippen LogP contribution in [0.2, 0.25) is 0 Å². The first-order chi connectivity index (χ1) is 12.3. The molecule has 7 heteroatoms. The van der Waals surface area contributed by atoms with E-state index in [-0.39, 0.29) is 24.0 Å². The SMILES string of the molecule is CCOC1CCN(C(=NC)NCCCOc2ccc(OC)cc2)CC1.I. The van der Waals surface area contributed by atoms with Crippen LogP contribution in [0.25, 0.3) is 0 Å². The predicted octanol–water partition coefficient (Wildman–Crippen LogP) is 3.16. The molecule has 1 fully saturated rings. The van der Waals surface area contributed by atoms with Crippen molar-refractivity contribution >= 4 is 29.9 Å². The van der Waals surface area contributed by atoms with Gasteiger partial charge in [0.1, 0.15) is 11.5 Å². The molecule has 1 aliphatic heterocycles. The molecule has 0 amide bonds. The molecule has 1 heterocycles. The molecule has 1 aromatic rings. The number of rotatable bonds is 8. The van der Waals surface area contributed by atoms with Crippen molar-refractivity contribution in [3.8, 4) is 11.5 Å². The third-order valence-corrected chi connectivity index (χ3v) is 4.29. The van der Waals surface area contributed by atoms with Gasteiger partial charge in [-0.2, -0.15) is 0 Å². The molecule has 0 aliphatic carbocycles. The van der Waals surface area contributed by atoms with Crippen molar-refractivity contribution in [3.05, 3.63) is 24.3 Å². The summed E-state index contributed by atoms with van der Waals surface area (Å²) in [5, 5.41) is 3.43. The van der Waals surface area contributed by atoms with Gasteiger partial charge in [-0.3, -0.25) is 4.99 Å². The smallest absolute Gasteiger partial charge is 0.193 e.